The molecule has 0 aromatic carbocycles. The summed E-state index contributed by atoms with van der Waals surface area (Å²) in [4.78, 5) is 23.4. The van der Waals surface area contributed by atoms with E-state index in [9.17, 15) is 9.59 Å². The molecule has 0 radical (unpaired) electrons. The van der Waals surface area contributed by atoms with Crippen LogP contribution >= 0.6 is 11.8 Å². The van der Waals surface area contributed by atoms with E-state index < -0.39 is 5.97 Å². The molecule has 1 atom stereocenters. The molecular formula is C11H16O4S. The highest BCUT2D eigenvalue weighted by Crippen LogP contribution is 2.35. The normalized spacial score (nSPS) is 20.8. The maximum atomic E-state index is 11.5. The molecule has 90 valence electrons. The first-order valence-corrected chi connectivity index (χ1v) is 6.33. The number of carbonyl (C=O) groups is 2. The summed E-state index contributed by atoms with van der Waals surface area (Å²) in [6.45, 7) is 4.02. The maximum Gasteiger partial charge on any atom is 0.332 e. The fourth-order valence-corrected chi connectivity index (χ4v) is 2.85. The highest BCUT2D eigenvalue weighted by Gasteiger charge is 2.30. The van der Waals surface area contributed by atoms with E-state index in [0.29, 0.717) is 30.8 Å². The molecule has 0 spiro atoms. The van der Waals surface area contributed by atoms with Gasteiger partial charge in [0, 0.05) is 11.3 Å². The number of ether oxygens (including phenoxy) is 1. The Hall–Kier alpha value is -0.970. The lowest BCUT2D eigenvalue weighted by atomic mass is 9.99. The molecule has 4 nitrogen and oxygen atoms in total. The number of allylic oxidation sites excluding steroid dienone is 1. The van der Waals surface area contributed by atoms with Gasteiger partial charge in [0.05, 0.1) is 12.5 Å². The van der Waals surface area contributed by atoms with Crippen molar-refractivity contribution in [3.63, 3.8) is 0 Å². The molecule has 1 N–H and O–H groups in total. The second-order valence-corrected chi connectivity index (χ2v) is 4.64. The summed E-state index contributed by atoms with van der Waals surface area (Å²) in [5.41, 5.74) is 0.372. The Morgan fingerprint density at radius 3 is 2.69 bits per heavy atom. The average molecular weight is 244 g/mol. The molecule has 0 amide bonds. The van der Waals surface area contributed by atoms with E-state index in [0.717, 1.165) is 4.91 Å². The van der Waals surface area contributed by atoms with Gasteiger partial charge in [-0.15, -0.1) is 11.8 Å². The van der Waals surface area contributed by atoms with E-state index in [1.807, 2.05) is 6.92 Å². The minimum atomic E-state index is -0.918. The summed E-state index contributed by atoms with van der Waals surface area (Å²) in [7, 11) is 0. The van der Waals surface area contributed by atoms with E-state index in [-0.39, 0.29) is 11.9 Å². The molecule has 1 heterocycles. The van der Waals surface area contributed by atoms with Crippen molar-refractivity contribution in [1.82, 2.24) is 0 Å². The highest BCUT2D eigenvalue weighted by atomic mass is 32.2. The zero-order valence-corrected chi connectivity index (χ0v) is 10.3. The van der Waals surface area contributed by atoms with Crippen molar-refractivity contribution in [3.05, 3.63) is 10.5 Å². The molecule has 0 aromatic rings. The van der Waals surface area contributed by atoms with Crippen LogP contribution in [-0.4, -0.2) is 29.4 Å². The Morgan fingerprint density at radius 2 is 2.19 bits per heavy atom. The monoisotopic (exact) mass is 244 g/mol. The van der Waals surface area contributed by atoms with Gasteiger partial charge in [-0.25, -0.2) is 4.79 Å². The number of rotatable bonds is 4. The van der Waals surface area contributed by atoms with Gasteiger partial charge in [-0.3, -0.25) is 4.79 Å². The van der Waals surface area contributed by atoms with E-state index in [4.69, 9.17) is 9.84 Å². The van der Waals surface area contributed by atoms with Crippen molar-refractivity contribution in [2.75, 3.05) is 12.4 Å². The fraction of sp³-hybridized carbons (Fsp3) is 0.636. The predicted octanol–water partition coefficient (Wildman–Crippen LogP) is 2.05. The molecule has 5 heteroatoms. The van der Waals surface area contributed by atoms with Crippen LogP contribution in [0.5, 0.6) is 0 Å². The SMILES string of the molecule is CCOC(=O)[C@@H]1CSC(CC)=C(C(=O)O)C1. The van der Waals surface area contributed by atoms with Gasteiger partial charge in [-0.2, -0.15) is 0 Å². The second-order valence-electron chi connectivity index (χ2n) is 3.52. The molecule has 0 fully saturated rings. The zero-order chi connectivity index (χ0) is 12.1. The van der Waals surface area contributed by atoms with Crippen LogP contribution in [0.3, 0.4) is 0 Å². The second kappa shape index (κ2) is 5.94. The summed E-state index contributed by atoms with van der Waals surface area (Å²) >= 11 is 1.46. The fourth-order valence-electron chi connectivity index (χ4n) is 1.64. The van der Waals surface area contributed by atoms with Gasteiger partial charge in [-0.05, 0) is 24.7 Å². The van der Waals surface area contributed by atoms with Gasteiger partial charge in [0.15, 0.2) is 0 Å². The molecule has 0 saturated heterocycles. The molecule has 0 aromatic heterocycles. The Morgan fingerprint density at radius 1 is 1.50 bits per heavy atom. The number of carbonyl (C=O) groups excluding carboxylic acids is 1. The number of esters is 1. The average Bonchev–Trinajstić information content (AvgIpc) is 2.28. The molecule has 16 heavy (non-hydrogen) atoms. The standard InChI is InChI=1S/C11H16O4S/c1-3-9-8(10(12)13)5-7(6-16-9)11(14)15-4-2/h7H,3-6H2,1-2H3,(H,12,13)/t7-/m0/s1. The third kappa shape index (κ3) is 3.01. The summed E-state index contributed by atoms with van der Waals surface area (Å²) < 4.78 is 4.91. The van der Waals surface area contributed by atoms with Crippen LogP contribution in [-0.2, 0) is 14.3 Å². The van der Waals surface area contributed by atoms with Crippen LogP contribution in [0.25, 0.3) is 0 Å². The van der Waals surface area contributed by atoms with Crippen LogP contribution in [0, 0.1) is 5.92 Å². The van der Waals surface area contributed by atoms with Crippen molar-refractivity contribution in [2.45, 2.75) is 26.7 Å². The summed E-state index contributed by atoms with van der Waals surface area (Å²) in [5, 5.41) is 9.05. The predicted molar refractivity (Wildman–Crippen MR) is 62.2 cm³/mol. The number of carboxylic acids is 1. The Kier molecular flexibility index (Phi) is 4.86. The third-order valence-electron chi connectivity index (χ3n) is 2.45. The smallest absolute Gasteiger partial charge is 0.332 e. The van der Waals surface area contributed by atoms with Gasteiger partial charge in [-0.1, -0.05) is 6.92 Å². The van der Waals surface area contributed by atoms with Crippen LogP contribution in [0.4, 0.5) is 0 Å². The van der Waals surface area contributed by atoms with Crippen LogP contribution in [0.15, 0.2) is 10.5 Å². The summed E-state index contributed by atoms with van der Waals surface area (Å²) in [6.07, 6.45) is 1.01. The first kappa shape index (κ1) is 13.1. The zero-order valence-electron chi connectivity index (χ0n) is 9.49. The Balaban J connectivity index is 2.76. The Labute approximate surface area is 99.0 Å². The quantitative estimate of drug-likeness (QED) is 0.767. The number of carboxylic acid groups (broad SMARTS) is 1. The van der Waals surface area contributed by atoms with Crippen molar-refractivity contribution in [3.8, 4) is 0 Å². The topological polar surface area (TPSA) is 63.6 Å². The van der Waals surface area contributed by atoms with Crippen molar-refractivity contribution in [1.29, 1.82) is 0 Å². The molecule has 0 bridgehead atoms. The molecule has 0 saturated carbocycles. The highest BCUT2D eigenvalue weighted by molar-refractivity contribution is 8.03. The molecule has 0 unspecified atom stereocenters. The van der Waals surface area contributed by atoms with Crippen LogP contribution < -0.4 is 0 Å². The van der Waals surface area contributed by atoms with E-state index >= 15 is 0 Å². The van der Waals surface area contributed by atoms with Crippen LogP contribution in [0.2, 0.25) is 0 Å². The van der Waals surface area contributed by atoms with Crippen LogP contribution in [0.1, 0.15) is 26.7 Å². The summed E-state index contributed by atoms with van der Waals surface area (Å²) in [6, 6.07) is 0. The van der Waals surface area contributed by atoms with E-state index in [1.54, 1.807) is 6.92 Å². The van der Waals surface area contributed by atoms with Crippen molar-refractivity contribution >= 4 is 23.7 Å². The first-order chi connectivity index (χ1) is 7.60. The number of hydrogen-bond donors (Lipinski definition) is 1. The molecule has 1 aliphatic heterocycles. The molecular weight excluding hydrogens is 228 g/mol. The molecule has 1 aliphatic rings. The number of hydrogen-bond acceptors (Lipinski definition) is 4. The van der Waals surface area contributed by atoms with Gasteiger partial charge < -0.3 is 9.84 Å². The van der Waals surface area contributed by atoms with E-state index in [1.165, 1.54) is 11.8 Å². The largest absolute Gasteiger partial charge is 0.478 e. The lowest BCUT2D eigenvalue weighted by Gasteiger charge is -2.22. The minimum absolute atomic E-state index is 0.288. The minimum Gasteiger partial charge on any atom is -0.478 e. The lowest BCUT2D eigenvalue weighted by molar-refractivity contribution is -0.147. The van der Waals surface area contributed by atoms with Gasteiger partial charge >= 0.3 is 11.9 Å². The third-order valence-corrected chi connectivity index (χ3v) is 3.90. The Bertz CT molecular complexity index is 322. The first-order valence-electron chi connectivity index (χ1n) is 5.34. The lowest BCUT2D eigenvalue weighted by Crippen LogP contribution is -2.25. The van der Waals surface area contributed by atoms with Gasteiger partial charge in [0.2, 0.25) is 0 Å². The number of thioether (sulfide) groups is 1. The number of aliphatic carboxylic acids is 1. The summed E-state index contributed by atoms with van der Waals surface area (Å²) in [5.74, 6) is -0.896. The van der Waals surface area contributed by atoms with E-state index in [2.05, 4.69) is 0 Å². The molecule has 0 aliphatic carbocycles. The maximum absolute atomic E-state index is 11.5. The van der Waals surface area contributed by atoms with Crippen molar-refractivity contribution < 1.29 is 19.4 Å². The van der Waals surface area contributed by atoms with Crippen molar-refractivity contribution in [2.24, 2.45) is 5.92 Å². The molecule has 1 rings (SSSR count). The van der Waals surface area contributed by atoms with Gasteiger partial charge in [0.1, 0.15) is 0 Å². The van der Waals surface area contributed by atoms with Gasteiger partial charge in [0.25, 0.3) is 0 Å².